The Labute approximate surface area is 161 Å². The number of ether oxygens (including phenoxy) is 2. The van der Waals surface area contributed by atoms with Gasteiger partial charge in [-0.15, -0.1) is 0 Å². The zero-order chi connectivity index (χ0) is 19.7. The molecule has 0 fully saturated rings. The van der Waals surface area contributed by atoms with Crippen molar-refractivity contribution in [3.8, 4) is 5.75 Å². The van der Waals surface area contributed by atoms with Crippen LogP contribution in [0.1, 0.15) is 59.3 Å². The van der Waals surface area contributed by atoms with Gasteiger partial charge in [-0.2, -0.15) is 0 Å². The van der Waals surface area contributed by atoms with E-state index in [-0.39, 0.29) is 0 Å². The second-order valence-electron chi connectivity index (χ2n) is 6.85. The molecule has 0 unspecified atom stereocenters. The first-order chi connectivity index (χ1) is 13.1. The van der Waals surface area contributed by atoms with Crippen molar-refractivity contribution in [2.45, 2.75) is 59.3 Å². The molecule has 0 radical (unpaired) electrons. The number of esters is 2. The molecule has 0 saturated carbocycles. The lowest BCUT2D eigenvalue weighted by Gasteiger charge is -2.27. The fraction of sp³-hybridized carbons (Fsp3) is 0.478. The average Bonchev–Trinajstić information content (AvgIpc) is 2.69. The Bertz CT molecular complexity index is 757. The molecule has 0 atom stereocenters. The Morgan fingerprint density at radius 2 is 1.56 bits per heavy atom. The third-order valence-electron chi connectivity index (χ3n) is 5.17. The quantitative estimate of drug-likeness (QED) is 0.234. The Morgan fingerprint density at radius 3 is 2.26 bits per heavy atom. The summed E-state index contributed by atoms with van der Waals surface area (Å²) in [7, 11) is 0. The molecule has 2 rings (SSSR count). The van der Waals surface area contributed by atoms with Crippen LogP contribution in [0.4, 0.5) is 0 Å². The van der Waals surface area contributed by atoms with E-state index < -0.39 is 17.4 Å². The van der Waals surface area contributed by atoms with E-state index >= 15 is 0 Å². The maximum atomic E-state index is 13.0. The molecule has 0 spiro atoms. The van der Waals surface area contributed by atoms with Crippen LogP contribution in [0, 0.1) is 5.41 Å². The number of benzene rings is 2. The second-order valence-corrected chi connectivity index (χ2v) is 6.85. The van der Waals surface area contributed by atoms with Crippen molar-refractivity contribution >= 4 is 22.7 Å². The van der Waals surface area contributed by atoms with Gasteiger partial charge in [0.05, 0.1) is 6.61 Å². The lowest BCUT2D eigenvalue weighted by Crippen LogP contribution is -2.42. The minimum Gasteiger partial charge on any atom is -0.465 e. The summed E-state index contributed by atoms with van der Waals surface area (Å²) in [6, 6.07) is 13.3. The fourth-order valence-electron chi connectivity index (χ4n) is 3.22. The van der Waals surface area contributed by atoms with Crippen molar-refractivity contribution in [1.29, 1.82) is 0 Å². The van der Waals surface area contributed by atoms with Crippen molar-refractivity contribution in [2.24, 2.45) is 5.41 Å². The van der Waals surface area contributed by atoms with Crippen molar-refractivity contribution in [3.63, 3.8) is 0 Å². The van der Waals surface area contributed by atoms with Crippen LogP contribution < -0.4 is 4.74 Å². The first-order valence-corrected chi connectivity index (χ1v) is 9.96. The van der Waals surface area contributed by atoms with Gasteiger partial charge in [0.15, 0.2) is 5.41 Å². The third kappa shape index (κ3) is 4.88. The van der Waals surface area contributed by atoms with Gasteiger partial charge < -0.3 is 9.47 Å². The van der Waals surface area contributed by atoms with Crippen molar-refractivity contribution in [3.05, 3.63) is 42.5 Å². The van der Waals surface area contributed by atoms with Crippen molar-refractivity contribution < 1.29 is 19.1 Å². The second kappa shape index (κ2) is 10.1. The van der Waals surface area contributed by atoms with Crippen molar-refractivity contribution in [1.82, 2.24) is 0 Å². The monoisotopic (exact) mass is 370 g/mol. The molecule has 4 nitrogen and oxygen atoms in total. The largest absolute Gasteiger partial charge is 0.465 e. The Morgan fingerprint density at radius 1 is 0.852 bits per heavy atom. The molecule has 0 aromatic heterocycles. The van der Waals surface area contributed by atoms with Crippen LogP contribution >= 0.6 is 0 Å². The van der Waals surface area contributed by atoms with E-state index in [1.807, 2.05) is 50.2 Å². The van der Waals surface area contributed by atoms with Crippen LogP contribution in [-0.4, -0.2) is 18.5 Å². The van der Waals surface area contributed by atoms with Gasteiger partial charge in [0.25, 0.3) is 0 Å². The number of fused-ring (bicyclic) bond motifs is 1. The molecule has 2 aromatic rings. The van der Waals surface area contributed by atoms with Gasteiger partial charge in [-0.25, -0.2) is 0 Å². The van der Waals surface area contributed by atoms with E-state index in [9.17, 15) is 9.59 Å². The zero-order valence-electron chi connectivity index (χ0n) is 16.6. The molecule has 4 heteroatoms. The van der Waals surface area contributed by atoms with Gasteiger partial charge in [0, 0.05) is 5.39 Å². The molecule has 0 saturated heterocycles. The fourth-order valence-corrected chi connectivity index (χ4v) is 3.22. The van der Waals surface area contributed by atoms with Gasteiger partial charge in [0.1, 0.15) is 5.75 Å². The molecule has 0 heterocycles. The van der Waals surface area contributed by atoms with E-state index in [1.165, 1.54) is 0 Å². The van der Waals surface area contributed by atoms with Crippen molar-refractivity contribution in [2.75, 3.05) is 6.61 Å². The maximum absolute atomic E-state index is 13.0. The Hall–Kier alpha value is -2.36. The van der Waals surface area contributed by atoms with Crippen LogP contribution in [0.2, 0.25) is 0 Å². The molecule has 0 N–H and O–H groups in total. The lowest BCUT2D eigenvalue weighted by molar-refractivity contribution is -0.168. The Balaban J connectivity index is 2.14. The average molecular weight is 370 g/mol. The normalized spacial score (nSPS) is 11.4. The number of hydrogen-bond acceptors (Lipinski definition) is 4. The molecular weight excluding hydrogens is 340 g/mol. The molecule has 0 aliphatic heterocycles. The van der Waals surface area contributed by atoms with Gasteiger partial charge >= 0.3 is 11.9 Å². The first-order valence-electron chi connectivity index (χ1n) is 9.96. The standard InChI is InChI=1S/C23H30O4/c1-4-7-8-11-17-26-21(24)23(5-2,6-3)22(25)27-20-16-12-14-18-13-9-10-15-19(18)20/h9-10,12-16H,4-8,11,17H2,1-3H3. The van der Waals surface area contributed by atoms with E-state index in [2.05, 4.69) is 6.92 Å². The molecule has 146 valence electrons. The number of hydrogen-bond donors (Lipinski definition) is 0. The van der Waals surface area contributed by atoms with Crippen LogP contribution in [0.3, 0.4) is 0 Å². The smallest absolute Gasteiger partial charge is 0.328 e. The number of carbonyl (C=O) groups excluding carboxylic acids is 2. The SMILES string of the molecule is CCCCCCOC(=O)C(CC)(CC)C(=O)Oc1cccc2ccccc12. The van der Waals surface area contributed by atoms with E-state index in [4.69, 9.17) is 9.47 Å². The van der Waals surface area contributed by atoms with Crippen LogP contribution in [0.25, 0.3) is 10.8 Å². The summed E-state index contributed by atoms with van der Waals surface area (Å²) in [5.41, 5.74) is -1.26. The summed E-state index contributed by atoms with van der Waals surface area (Å²) in [4.78, 5) is 25.7. The summed E-state index contributed by atoms with van der Waals surface area (Å²) in [6.45, 7) is 6.13. The number of unbranched alkanes of at least 4 members (excludes halogenated alkanes) is 3. The molecule has 0 aliphatic carbocycles. The molecular formula is C23H30O4. The molecule has 0 amide bonds. The minimum atomic E-state index is -1.26. The minimum absolute atomic E-state index is 0.348. The number of carbonyl (C=O) groups is 2. The highest BCUT2D eigenvalue weighted by Crippen LogP contribution is 2.33. The summed E-state index contributed by atoms with van der Waals surface area (Å²) < 4.78 is 11.1. The first kappa shape index (κ1) is 20.9. The van der Waals surface area contributed by atoms with Gasteiger partial charge in [-0.1, -0.05) is 76.4 Å². The molecule has 27 heavy (non-hydrogen) atoms. The molecule has 0 aliphatic rings. The highest BCUT2D eigenvalue weighted by atomic mass is 16.6. The Kier molecular flexibility index (Phi) is 7.83. The number of rotatable bonds is 10. The maximum Gasteiger partial charge on any atom is 0.328 e. The lowest BCUT2D eigenvalue weighted by atomic mass is 9.82. The summed E-state index contributed by atoms with van der Waals surface area (Å²) in [5.74, 6) is -0.545. The molecule has 0 bridgehead atoms. The van der Waals surface area contributed by atoms with E-state index in [0.29, 0.717) is 25.2 Å². The predicted molar refractivity (Wildman–Crippen MR) is 108 cm³/mol. The highest BCUT2D eigenvalue weighted by molar-refractivity contribution is 6.02. The van der Waals surface area contributed by atoms with Crippen LogP contribution in [0.15, 0.2) is 42.5 Å². The highest BCUT2D eigenvalue weighted by Gasteiger charge is 2.46. The summed E-state index contributed by atoms with van der Waals surface area (Å²) in [6.07, 6.45) is 4.78. The topological polar surface area (TPSA) is 52.6 Å². The van der Waals surface area contributed by atoms with Crippen LogP contribution in [0.5, 0.6) is 5.75 Å². The van der Waals surface area contributed by atoms with Gasteiger partial charge in [-0.3, -0.25) is 9.59 Å². The van der Waals surface area contributed by atoms with Crippen LogP contribution in [-0.2, 0) is 14.3 Å². The molecule has 2 aromatic carbocycles. The summed E-state index contributed by atoms with van der Waals surface area (Å²) >= 11 is 0. The zero-order valence-corrected chi connectivity index (χ0v) is 16.6. The van der Waals surface area contributed by atoms with E-state index in [1.54, 1.807) is 6.07 Å². The third-order valence-corrected chi connectivity index (χ3v) is 5.17. The predicted octanol–water partition coefficient (Wildman–Crippen LogP) is 5.68. The van der Waals surface area contributed by atoms with Gasteiger partial charge in [0.2, 0.25) is 0 Å². The summed E-state index contributed by atoms with van der Waals surface area (Å²) in [5, 5.41) is 1.84. The van der Waals surface area contributed by atoms with Gasteiger partial charge in [-0.05, 0) is 30.7 Å². The van der Waals surface area contributed by atoms with E-state index in [0.717, 1.165) is 36.5 Å².